The molecule has 0 saturated heterocycles. The molecule has 3 rings (SSSR count). The molecule has 0 unspecified atom stereocenters. The number of nitrogens with zero attached hydrogens (tertiary/aromatic N) is 1. The van der Waals surface area contributed by atoms with E-state index in [-0.39, 0.29) is 11.7 Å². The molecule has 1 amide bonds. The molecule has 2 heterocycles. The minimum atomic E-state index is -0.309. The van der Waals surface area contributed by atoms with Crippen molar-refractivity contribution in [3.05, 3.63) is 34.8 Å². The van der Waals surface area contributed by atoms with Crippen LogP contribution in [-0.2, 0) is 0 Å². The topological polar surface area (TPSA) is 77.5 Å². The average molecular weight is 304 g/mol. The highest BCUT2D eigenvalue weighted by Gasteiger charge is 2.16. The second-order valence-corrected chi connectivity index (χ2v) is 5.26. The highest BCUT2D eigenvalue weighted by Crippen LogP contribution is 2.31. The number of carbonyl (C=O) groups is 2. The van der Waals surface area contributed by atoms with E-state index in [9.17, 15) is 9.59 Å². The zero-order valence-electron chi connectivity index (χ0n) is 11.2. The highest BCUT2D eigenvalue weighted by molar-refractivity contribution is 7.14. The zero-order chi connectivity index (χ0) is 14.8. The molecule has 1 aliphatic heterocycles. The van der Waals surface area contributed by atoms with E-state index in [1.807, 2.05) is 0 Å². The lowest BCUT2D eigenvalue weighted by molar-refractivity contribution is 0.100. The summed E-state index contributed by atoms with van der Waals surface area (Å²) in [6.07, 6.45) is 0. The molecule has 6 nitrogen and oxygen atoms in total. The van der Waals surface area contributed by atoms with E-state index in [4.69, 9.17) is 9.47 Å². The third-order valence-corrected chi connectivity index (χ3v) is 3.65. The third-order valence-electron chi connectivity index (χ3n) is 2.89. The number of fused-ring (bicyclic) bond motifs is 1. The summed E-state index contributed by atoms with van der Waals surface area (Å²) in [5, 5.41) is 4.66. The lowest BCUT2D eigenvalue weighted by atomic mass is 10.2. The SMILES string of the molecule is CC(=O)c1csc(NC(=O)c2ccc3c(c2)OCCO3)n1. The van der Waals surface area contributed by atoms with Gasteiger partial charge in [-0.25, -0.2) is 4.98 Å². The molecule has 0 atom stereocenters. The Balaban J connectivity index is 1.77. The van der Waals surface area contributed by atoms with Gasteiger partial charge in [0.2, 0.25) is 0 Å². The number of ketones is 1. The molecular weight excluding hydrogens is 292 g/mol. The smallest absolute Gasteiger partial charge is 0.257 e. The number of nitrogens with one attached hydrogen (secondary N) is 1. The summed E-state index contributed by atoms with van der Waals surface area (Å²) >= 11 is 1.21. The van der Waals surface area contributed by atoms with Crippen LogP contribution in [0.15, 0.2) is 23.6 Å². The summed E-state index contributed by atoms with van der Waals surface area (Å²) in [6.45, 7) is 2.40. The van der Waals surface area contributed by atoms with Crippen molar-refractivity contribution >= 4 is 28.2 Å². The van der Waals surface area contributed by atoms with Gasteiger partial charge in [-0.3, -0.25) is 14.9 Å². The Bertz CT molecular complexity index is 711. The van der Waals surface area contributed by atoms with Gasteiger partial charge in [0.15, 0.2) is 22.4 Å². The zero-order valence-corrected chi connectivity index (χ0v) is 12.0. The van der Waals surface area contributed by atoms with Crippen LogP contribution in [0.2, 0.25) is 0 Å². The van der Waals surface area contributed by atoms with Crippen molar-refractivity contribution in [3.8, 4) is 11.5 Å². The van der Waals surface area contributed by atoms with Crippen LogP contribution in [0.25, 0.3) is 0 Å². The van der Waals surface area contributed by atoms with Gasteiger partial charge in [-0.2, -0.15) is 0 Å². The van der Waals surface area contributed by atoms with E-state index in [1.165, 1.54) is 18.3 Å². The molecule has 0 aliphatic carbocycles. The molecule has 1 aromatic heterocycles. The van der Waals surface area contributed by atoms with E-state index < -0.39 is 0 Å². The number of aromatic nitrogens is 1. The monoisotopic (exact) mass is 304 g/mol. The fourth-order valence-electron chi connectivity index (χ4n) is 1.85. The summed E-state index contributed by atoms with van der Waals surface area (Å²) in [4.78, 5) is 27.4. The first-order valence-electron chi connectivity index (χ1n) is 6.31. The largest absolute Gasteiger partial charge is 0.486 e. The van der Waals surface area contributed by atoms with Crippen LogP contribution in [0, 0.1) is 0 Å². The molecule has 21 heavy (non-hydrogen) atoms. The number of thiazole rings is 1. The lowest BCUT2D eigenvalue weighted by Gasteiger charge is -2.18. The quantitative estimate of drug-likeness (QED) is 0.881. The molecule has 108 valence electrons. The van der Waals surface area contributed by atoms with Gasteiger partial charge in [-0.1, -0.05) is 0 Å². The fraction of sp³-hybridized carbons (Fsp3) is 0.214. The number of benzene rings is 1. The van der Waals surface area contributed by atoms with E-state index in [0.717, 1.165) is 0 Å². The molecule has 7 heteroatoms. The number of rotatable bonds is 3. The van der Waals surface area contributed by atoms with Crippen LogP contribution in [0.5, 0.6) is 11.5 Å². The van der Waals surface area contributed by atoms with Gasteiger partial charge in [0.1, 0.15) is 18.9 Å². The van der Waals surface area contributed by atoms with E-state index in [1.54, 1.807) is 23.6 Å². The summed E-state index contributed by atoms with van der Waals surface area (Å²) in [5.41, 5.74) is 0.788. The Morgan fingerprint density at radius 3 is 2.71 bits per heavy atom. The maximum Gasteiger partial charge on any atom is 0.257 e. The van der Waals surface area contributed by atoms with E-state index in [2.05, 4.69) is 10.3 Å². The number of carbonyl (C=O) groups excluding carboxylic acids is 2. The van der Waals surface area contributed by atoms with Crippen LogP contribution in [-0.4, -0.2) is 29.9 Å². The van der Waals surface area contributed by atoms with Crippen LogP contribution >= 0.6 is 11.3 Å². The molecule has 0 radical (unpaired) electrons. The van der Waals surface area contributed by atoms with Gasteiger partial charge >= 0.3 is 0 Å². The van der Waals surface area contributed by atoms with E-state index >= 15 is 0 Å². The van der Waals surface area contributed by atoms with Crippen LogP contribution < -0.4 is 14.8 Å². The standard InChI is InChI=1S/C14H12N2O4S/c1-8(17)10-7-21-14(15-10)16-13(18)9-2-3-11-12(6-9)20-5-4-19-11/h2-3,6-7H,4-5H2,1H3,(H,15,16,18). The number of Topliss-reactive ketones (excluding diaryl/α,β-unsaturated/α-hetero) is 1. The molecule has 0 fully saturated rings. The number of amides is 1. The first-order chi connectivity index (χ1) is 10.1. The number of ether oxygens (including phenoxy) is 2. The van der Waals surface area contributed by atoms with Crippen molar-refractivity contribution in [1.29, 1.82) is 0 Å². The van der Waals surface area contributed by atoms with Crippen molar-refractivity contribution in [3.63, 3.8) is 0 Å². The van der Waals surface area contributed by atoms with Crippen LogP contribution in [0.3, 0.4) is 0 Å². The summed E-state index contributed by atoms with van der Waals surface area (Å²) in [7, 11) is 0. The Morgan fingerprint density at radius 1 is 1.24 bits per heavy atom. The van der Waals surface area contributed by atoms with Crippen LogP contribution in [0.1, 0.15) is 27.8 Å². The summed E-state index contributed by atoms with van der Waals surface area (Å²) in [6, 6.07) is 4.98. The minimum absolute atomic E-state index is 0.133. The van der Waals surface area contributed by atoms with Gasteiger partial charge in [0.25, 0.3) is 5.91 Å². The number of hydrogen-bond donors (Lipinski definition) is 1. The molecule has 0 spiro atoms. The molecule has 0 bridgehead atoms. The van der Waals surface area contributed by atoms with Gasteiger partial charge in [0.05, 0.1) is 0 Å². The minimum Gasteiger partial charge on any atom is -0.486 e. The Morgan fingerprint density at radius 2 is 2.00 bits per heavy atom. The Kier molecular flexibility index (Phi) is 3.57. The fourth-order valence-corrected chi connectivity index (χ4v) is 2.59. The van der Waals surface area contributed by atoms with E-state index in [0.29, 0.717) is 41.1 Å². The second-order valence-electron chi connectivity index (χ2n) is 4.41. The maximum atomic E-state index is 12.2. The maximum absolute atomic E-state index is 12.2. The predicted octanol–water partition coefficient (Wildman–Crippen LogP) is 2.37. The second kappa shape index (κ2) is 5.53. The highest BCUT2D eigenvalue weighted by atomic mass is 32.1. The van der Waals surface area contributed by atoms with Crippen molar-refractivity contribution in [2.24, 2.45) is 0 Å². The first-order valence-corrected chi connectivity index (χ1v) is 7.19. The van der Waals surface area contributed by atoms with Crippen molar-refractivity contribution in [1.82, 2.24) is 4.98 Å². The van der Waals surface area contributed by atoms with Gasteiger partial charge < -0.3 is 9.47 Å². The molecule has 1 N–H and O–H groups in total. The van der Waals surface area contributed by atoms with Crippen molar-refractivity contribution < 1.29 is 19.1 Å². The number of hydrogen-bond acceptors (Lipinski definition) is 6. The molecule has 2 aromatic rings. The Labute approximate surface area is 124 Å². The summed E-state index contributed by atoms with van der Waals surface area (Å²) in [5.74, 6) is 0.742. The van der Waals surface area contributed by atoms with Crippen molar-refractivity contribution in [2.75, 3.05) is 18.5 Å². The molecule has 0 saturated carbocycles. The third kappa shape index (κ3) is 2.87. The first kappa shape index (κ1) is 13.6. The molecule has 1 aliphatic rings. The average Bonchev–Trinajstić information content (AvgIpc) is 2.95. The number of anilines is 1. The van der Waals surface area contributed by atoms with Gasteiger partial charge in [-0.15, -0.1) is 11.3 Å². The lowest BCUT2D eigenvalue weighted by Crippen LogP contribution is -2.17. The van der Waals surface area contributed by atoms with Crippen molar-refractivity contribution in [2.45, 2.75) is 6.92 Å². The van der Waals surface area contributed by atoms with Crippen LogP contribution in [0.4, 0.5) is 5.13 Å². The van der Waals surface area contributed by atoms with Gasteiger partial charge in [0, 0.05) is 17.9 Å². The molecule has 1 aromatic carbocycles. The molecular formula is C14H12N2O4S. The Hall–Kier alpha value is -2.41. The predicted molar refractivity (Wildman–Crippen MR) is 77.5 cm³/mol. The normalized spacial score (nSPS) is 12.8. The van der Waals surface area contributed by atoms with Gasteiger partial charge in [-0.05, 0) is 18.2 Å². The summed E-state index contributed by atoms with van der Waals surface area (Å²) < 4.78 is 10.8.